The molecule has 2 aromatic carbocycles. The maximum Gasteiger partial charge on any atom is 0.227 e. The minimum atomic E-state index is -0.518. The Morgan fingerprint density at radius 1 is 1.12 bits per heavy atom. The highest BCUT2D eigenvalue weighted by Gasteiger charge is 2.27. The zero-order chi connectivity index (χ0) is 19.2. The Bertz CT molecular complexity index is 777. The van der Waals surface area contributed by atoms with E-state index in [1.54, 1.807) is 7.05 Å². The van der Waals surface area contributed by atoms with E-state index in [-0.39, 0.29) is 11.9 Å². The van der Waals surface area contributed by atoms with Gasteiger partial charge in [-0.05, 0) is 44.0 Å². The fourth-order valence-electron chi connectivity index (χ4n) is 2.89. The van der Waals surface area contributed by atoms with Gasteiger partial charge in [-0.1, -0.05) is 42.5 Å². The van der Waals surface area contributed by atoms with E-state index >= 15 is 0 Å². The maximum absolute atomic E-state index is 12.1. The van der Waals surface area contributed by atoms with Crippen LogP contribution in [0.3, 0.4) is 0 Å². The monoisotopic (exact) mass is 354 g/mol. The van der Waals surface area contributed by atoms with Crippen LogP contribution in [0.1, 0.15) is 39.3 Å². The number of rotatable bonds is 6. The Balaban J connectivity index is 2.06. The van der Waals surface area contributed by atoms with Crippen molar-refractivity contribution in [1.82, 2.24) is 16.0 Å². The van der Waals surface area contributed by atoms with Crippen LogP contribution in [-0.4, -0.2) is 32.0 Å². The molecule has 0 spiro atoms. The fraction of sp³-hybridized carbons (Fsp3) is 0.429. The summed E-state index contributed by atoms with van der Waals surface area (Å²) in [5, 5.41) is 12.0. The lowest BCUT2D eigenvalue weighted by atomic mass is 9.92. The van der Waals surface area contributed by atoms with E-state index in [0.29, 0.717) is 19.0 Å². The number of benzene rings is 2. The highest BCUT2D eigenvalue weighted by molar-refractivity contribution is 5.87. The van der Waals surface area contributed by atoms with Crippen molar-refractivity contribution in [2.75, 3.05) is 20.1 Å². The second-order valence-electron chi connectivity index (χ2n) is 7.10. The molecule has 0 aliphatic carbocycles. The molecule has 140 valence electrons. The first-order valence-electron chi connectivity index (χ1n) is 9.12. The van der Waals surface area contributed by atoms with E-state index in [0.717, 1.165) is 0 Å². The van der Waals surface area contributed by atoms with E-state index in [1.807, 2.05) is 26.8 Å². The molecule has 2 rings (SSSR count). The summed E-state index contributed by atoms with van der Waals surface area (Å²) in [6.45, 7) is 9.02. The zero-order valence-corrected chi connectivity index (χ0v) is 16.4. The van der Waals surface area contributed by atoms with Gasteiger partial charge in [0.2, 0.25) is 5.91 Å². The smallest absolute Gasteiger partial charge is 0.227 e. The number of nitrogens with one attached hydrogen (secondary N) is 3. The number of carbonyl (C=O) groups excluding carboxylic acids is 1. The Morgan fingerprint density at radius 3 is 2.50 bits per heavy atom. The van der Waals surface area contributed by atoms with Crippen LogP contribution in [0.15, 0.2) is 47.5 Å². The first-order valence-corrected chi connectivity index (χ1v) is 9.12. The number of hydrogen-bond donors (Lipinski definition) is 3. The minimum Gasteiger partial charge on any atom is -0.356 e. The largest absolute Gasteiger partial charge is 0.356 e. The van der Waals surface area contributed by atoms with E-state index in [2.05, 4.69) is 64.3 Å². The summed E-state index contributed by atoms with van der Waals surface area (Å²) < 4.78 is 0. The van der Waals surface area contributed by atoms with Crippen LogP contribution in [0.2, 0.25) is 0 Å². The van der Waals surface area contributed by atoms with Crippen molar-refractivity contribution in [2.45, 2.75) is 33.7 Å². The molecular weight excluding hydrogens is 324 g/mol. The predicted octanol–water partition coefficient (Wildman–Crippen LogP) is 3.23. The van der Waals surface area contributed by atoms with Crippen molar-refractivity contribution >= 4 is 22.6 Å². The number of hydrogen-bond acceptors (Lipinski definition) is 2. The Labute approximate surface area is 156 Å². The van der Waals surface area contributed by atoms with Crippen molar-refractivity contribution in [3.63, 3.8) is 0 Å². The molecular formula is C21H30N4O. The number of guanidine groups is 1. The zero-order valence-electron chi connectivity index (χ0n) is 16.4. The van der Waals surface area contributed by atoms with Crippen molar-refractivity contribution in [2.24, 2.45) is 10.4 Å². The van der Waals surface area contributed by atoms with Crippen LogP contribution in [-0.2, 0) is 4.79 Å². The average Bonchev–Trinajstić information content (AvgIpc) is 2.64. The first kappa shape index (κ1) is 19.8. The van der Waals surface area contributed by atoms with Crippen molar-refractivity contribution in [3.05, 3.63) is 48.0 Å². The summed E-state index contributed by atoms with van der Waals surface area (Å²) in [4.78, 5) is 16.4. The molecule has 0 fully saturated rings. The van der Waals surface area contributed by atoms with E-state index < -0.39 is 5.41 Å². The Hall–Kier alpha value is -2.56. The minimum absolute atomic E-state index is 0.0325. The van der Waals surface area contributed by atoms with E-state index in [1.165, 1.54) is 16.3 Å². The number of carbonyl (C=O) groups is 1. The second-order valence-corrected chi connectivity index (χ2v) is 7.10. The summed E-state index contributed by atoms with van der Waals surface area (Å²) in [6, 6.07) is 14.8. The standard InChI is InChI=1S/C21H30N4O/c1-6-23-19(26)21(3,4)14-24-20(22-5)25-15(2)17-13-9-11-16-10-7-8-12-18(16)17/h7-13,15H,6,14H2,1-5H3,(H,23,26)(H2,22,24,25). The lowest BCUT2D eigenvalue weighted by Crippen LogP contribution is -2.48. The molecule has 2 aromatic rings. The van der Waals surface area contributed by atoms with E-state index in [4.69, 9.17) is 0 Å². The maximum atomic E-state index is 12.1. The van der Waals surface area contributed by atoms with Gasteiger partial charge < -0.3 is 16.0 Å². The van der Waals surface area contributed by atoms with Gasteiger partial charge in [-0.2, -0.15) is 0 Å². The van der Waals surface area contributed by atoms with Crippen LogP contribution in [0.4, 0.5) is 0 Å². The van der Waals surface area contributed by atoms with Gasteiger partial charge in [-0.3, -0.25) is 9.79 Å². The molecule has 0 saturated carbocycles. The molecule has 3 N–H and O–H groups in total. The third kappa shape index (κ3) is 4.75. The highest BCUT2D eigenvalue weighted by Crippen LogP contribution is 2.24. The van der Waals surface area contributed by atoms with Gasteiger partial charge in [-0.15, -0.1) is 0 Å². The number of nitrogens with zero attached hydrogens (tertiary/aromatic N) is 1. The summed E-state index contributed by atoms with van der Waals surface area (Å²) in [7, 11) is 1.74. The fourth-order valence-corrected chi connectivity index (χ4v) is 2.89. The van der Waals surface area contributed by atoms with Crippen molar-refractivity contribution in [1.29, 1.82) is 0 Å². The number of fused-ring (bicyclic) bond motifs is 1. The molecule has 5 heteroatoms. The molecule has 0 aromatic heterocycles. The van der Waals surface area contributed by atoms with Gasteiger partial charge in [0, 0.05) is 20.1 Å². The topological polar surface area (TPSA) is 65.5 Å². The molecule has 1 amide bonds. The molecule has 1 atom stereocenters. The SMILES string of the molecule is CCNC(=O)C(C)(C)CNC(=NC)NC(C)c1cccc2ccccc12. The molecule has 5 nitrogen and oxygen atoms in total. The van der Waals surface area contributed by atoms with Crippen LogP contribution in [0, 0.1) is 5.41 Å². The molecule has 0 bridgehead atoms. The predicted molar refractivity (Wildman–Crippen MR) is 109 cm³/mol. The summed E-state index contributed by atoms with van der Waals surface area (Å²) in [6.07, 6.45) is 0. The van der Waals surface area contributed by atoms with Gasteiger partial charge >= 0.3 is 0 Å². The Morgan fingerprint density at radius 2 is 1.81 bits per heavy atom. The molecule has 1 unspecified atom stereocenters. The lowest BCUT2D eigenvalue weighted by molar-refractivity contribution is -0.128. The molecule has 0 saturated heterocycles. The summed E-state index contributed by atoms with van der Waals surface area (Å²) in [5.41, 5.74) is 0.699. The van der Waals surface area contributed by atoms with Gasteiger partial charge in [0.15, 0.2) is 5.96 Å². The van der Waals surface area contributed by atoms with Crippen LogP contribution in [0.5, 0.6) is 0 Å². The molecule has 0 radical (unpaired) electrons. The Kier molecular flexibility index (Phi) is 6.61. The van der Waals surface area contributed by atoms with Crippen LogP contribution >= 0.6 is 0 Å². The molecule has 0 aliphatic rings. The lowest BCUT2D eigenvalue weighted by Gasteiger charge is -2.26. The number of amides is 1. The third-order valence-electron chi connectivity index (χ3n) is 4.52. The molecule has 0 heterocycles. The van der Waals surface area contributed by atoms with Crippen molar-refractivity contribution in [3.8, 4) is 0 Å². The van der Waals surface area contributed by atoms with Gasteiger partial charge in [-0.25, -0.2) is 0 Å². The third-order valence-corrected chi connectivity index (χ3v) is 4.52. The van der Waals surface area contributed by atoms with Crippen LogP contribution < -0.4 is 16.0 Å². The second kappa shape index (κ2) is 8.70. The van der Waals surface area contributed by atoms with Gasteiger partial charge in [0.1, 0.15) is 0 Å². The summed E-state index contributed by atoms with van der Waals surface area (Å²) >= 11 is 0. The normalized spacial score (nSPS) is 13.3. The first-order chi connectivity index (χ1) is 12.4. The highest BCUT2D eigenvalue weighted by atomic mass is 16.2. The van der Waals surface area contributed by atoms with Gasteiger partial charge in [0.05, 0.1) is 11.5 Å². The summed E-state index contributed by atoms with van der Waals surface area (Å²) in [5.74, 6) is 0.716. The van der Waals surface area contributed by atoms with Crippen LogP contribution in [0.25, 0.3) is 10.8 Å². The van der Waals surface area contributed by atoms with Gasteiger partial charge in [0.25, 0.3) is 0 Å². The molecule has 26 heavy (non-hydrogen) atoms. The average molecular weight is 354 g/mol. The molecule has 0 aliphatic heterocycles. The number of aliphatic imine (C=N–C) groups is 1. The quantitative estimate of drug-likeness (QED) is 0.551. The van der Waals surface area contributed by atoms with Crippen molar-refractivity contribution < 1.29 is 4.79 Å². The van der Waals surface area contributed by atoms with E-state index in [9.17, 15) is 4.79 Å².